The fourth-order valence-electron chi connectivity index (χ4n) is 2.20. The van der Waals surface area contributed by atoms with Gasteiger partial charge in [0.25, 0.3) is 5.91 Å². The largest absolute Gasteiger partial charge is 0.391 e. The second-order valence-corrected chi connectivity index (χ2v) is 5.76. The molecule has 0 saturated carbocycles. The Hall–Kier alpha value is -1.46. The summed E-state index contributed by atoms with van der Waals surface area (Å²) in [6.07, 6.45) is -0.336. The Morgan fingerprint density at radius 1 is 1.40 bits per heavy atom. The first-order chi connectivity index (χ1) is 9.49. The molecule has 1 atom stereocenters. The molecule has 2 N–H and O–H groups in total. The van der Waals surface area contributed by atoms with Crippen molar-refractivity contribution in [1.29, 1.82) is 0 Å². The lowest BCUT2D eigenvalue weighted by Gasteiger charge is -2.32. The molecular weight excluding hydrogens is 272 g/mol. The molecule has 0 radical (unpaired) electrons. The zero-order valence-corrected chi connectivity index (χ0v) is 12.7. The van der Waals surface area contributed by atoms with E-state index in [9.17, 15) is 4.79 Å². The monoisotopic (exact) mass is 292 g/mol. The van der Waals surface area contributed by atoms with Gasteiger partial charge < -0.3 is 15.4 Å². The number of amides is 1. The third kappa shape index (κ3) is 3.35. The van der Waals surface area contributed by atoms with Gasteiger partial charge in [-0.3, -0.25) is 4.79 Å². The van der Waals surface area contributed by atoms with Crippen LogP contribution in [0.25, 0.3) is 0 Å². The molecule has 108 valence electrons. The highest BCUT2D eigenvalue weighted by molar-refractivity contribution is 7.80. The molecule has 20 heavy (non-hydrogen) atoms. The van der Waals surface area contributed by atoms with Crippen LogP contribution in [0.2, 0.25) is 0 Å². The minimum Gasteiger partial charge on any atom is -0.391 e. The van der Waals surface area contributed by atoms with Crippen LogP contribution in [0.5, 0.6) is 0 Å². The molecule has 1 unspecified atom stereocenters. The number of rotatable bonds is 3. The number of nitrogens with zero attached hydrogens (tertiary/aromatic N) is 1. The smallest absolute Gasteiger partial charge is 0.254 e. The average molecular weight is 292 g/mol. The van der Waals surface area contributed by atoms with Gasteiger partial charge in [0.05, 0.1) is 13.2 Å². The lowest BCUT2D eigenvalue weighted by Crippen LogP contribution is -2.49. The molecule has 1 fully saturated rings. The van der Waals surface area contributed by atoms with E-state index in [0.29, 0.717) is 36.2 Å². The highest BCUT2D eigenvalue weighted by atomic mass is 32.1. The molecule has 0 aliphatic carbocycles. The topological polar surface area (TPSA) is 55.6 Å². The van der Waals surface area contributed by atoms with E-state index in [0.717, 1.165) is 0 Å². The zero-order chi connectivity index (χ0) is 14.7. The van der Waals surface area contributed by atoms with Crippen LogP contribution in [0.4, 0.5) is 0 Å². The van der Waals surface area contributed by atoms with Crippen LogP contribution in [0.15, 0.2) is 24.3 Å². The number of hydrogen-bond acceptors (Lipinski definition) is 3. The van der Waals surface area contributed by atoms with Crippen LogP contribution in [0.3, 0.4) is 0 Å². The summed E-state index contributed by atoms with van der Waals surface area (Å²) in [7, 11) is 0. The van der Waals surface area contributed by atoms with E-state index in [1.165, 1.54) is 5.56 Å². The molecule has 1 aliphatic rings. The molecule has 0 aromatic heterocycles. The van der Waals surface area contributed by atoms with Gasteiger partial charge in [0.1, 0.15) is 11.1 Å². The molecule has 0 bridgehead atoms. The van der Waals surface area contributed by atoms with E-state index in [1.54, 1.807) is 4.90 Å². The van der Waals surface area contributed by atoms with Crippen LogP contribution in [0.1, 0.15) is 35.7 Å². The third-order valence-corrected chi connectivity index (χ3v) is 3.76. The van der Waals surface area contributed by atoms with Crippen molar-refractivity contribution in [3.63, 3.8) is 0 Å². The predicted octanol–water partition coefficient (Wildman–Crippen LogP) is 1.94. The van der Waals surface area contributed by atoms with Gasteiger partial charge in [-0.2, -0.15) is 0 Å². The zero-order valence-electron chi connectivity index (χ0n) is 11.8. The Kier molecular flexibility index (Phi) is 4.73. The van der Waals surface area contributed by atoms with E-state index < -0.39 is 0 Å². The number of thiocarbonyl (C=S) groups is 1. The Balaban J connectivity index is 2.08. The SMILES string of the molecule is CC(C)c1ccc(C(=O)N2CCOC(C(N)=S)C2)cc1. The standard InChI is InChI=1S/C15H20N2O2S/c1-10(2)11-3-5-12(6-4-11)15(18)17-7-8-19-13(9-17)14(16)20/h3-6,10,13H,7-9H2,1-2H3,(H2,16,20). The molecule has 1 aromatic carbocycles. The van der Waals surface area contributed by atoms with Gasteiger partial charge in [-0.15, -0.1) is 0 Å². The number of hydrogen-bond donors (Lipinski definition) is 1. The van der Waals surface area contributed by atoms with E-state index in [4.69, 9.17) is 22.7 Å². The van der Waals surface area contributed by atoms with Gasteiger partial charge in [0.2, 0.25) is 0 Å². The fourth-order valence-corrected chi connectivity index (χ4v) is 2.34. The Labute approximate surface area is 124 Å². The Morgan fingerprint density at radius 3 is 2.60 bits per heavy atom. The van der Waals surface area contributed by atoms with Gasteiger partial charge in [-0.25, -0.2) is 0 Å². The van der Waals surface area contributed by atoms with E-state index >= 15 is 0 Å². The van der Waals surface area contributed by atoms with Crippen LogP contribution in [-0.2, 0) is 4.74 Å². The van der Waals surface area contributed by atoms with Crippen molar-refractivity contribution >= 4 is 23.1 Å². The van der Waals surface area contributed by atoms with Gasteiger partial charge in [-0.1, -0.05) is 38.2 Å². The quantitative estimate of drug-likeness (QED) is 0.865. The second kappa shape index (κ2) is 6.33. The summed E-state index contributed by atoms with van der Waals surface area (Å²) in [5.41, 5.74) is 7.51. The number of carbonyl (C=O) groups is 1. The number of nitrogens with two attached hydrogens (primary N) is 1. The van der Waals surface area contributed by atoms with E-state index in [2.05, 4.69) is 13.8 Å². The molecule has 1 amide bonds. The molecule has 1 heterocycles. The Morgan fingerprint density at radius 2 is 2.05 bits per heavy atom. The summed E-state index contributed by atoms with van der Waals surface area (Å²) in [5.74, 6) is 0.464. The van der Waals surface area contributed by atoms with E-state index in [-0.39, 0.29) is 12.0 Å². The van der Waals surface area contributed by atoms with Gasteiger partial charge >= 0.3 is 0 Å². The van der Waals surface area contributed by atoms with Crippen LogP contribution in [0, 0.1) is 0 Å². The maximum atomic E-state index is 12.4. The number of ether oxygens (including phenoxy) is 1. The summed E-state index contributed by atoms with van der Waals surface area (Å²) < 4.78 is 5.45. The summed E-state index contributed by atoms with van der Waals surface area (Å²) >= 11 is 4.93. The predicted molar refractivity (Wildman–Crippen MR) is 83.0 cm³/mol. The third-order valence-electron chi connectivity index (χ3n) is 3.50. The lowest BCUT2D eigenvalue weighted by molar-refractivity contribution is 0.00878. The molecule has 1 saturated heterocycles. The summed E-state index contributed by atoms with van der Waals surface area (Å²) in [6, 6.07) is 7.76. The summed E-state index contributed by atoms with van der Waals surface area (Å²) in [4.78, 5) is 14.5. The number of carbonyl (C=O) groups excluding carboxylic acids is 1. The van der Waals surface area contributed by atoms with Crippen molar-refractivity contribution < 1.29 is 9.53 Å². The van der Waals surface area contributed by atoms with Crippen molar-refractivity contribution in [3.05, 3.63) is 35.4 Å². The maximum Gasteiger partial charge on any atom is 0.254 e. The van der Waals surface area contributed by atoms with Crippen LogP contribution < -0.4 is 5.73 Å². The van der Waals surface area contributed by atoms with Crippen LogP contribution in [-0.4, -0.2) is 41.6 Å². The van der Waals surface area contributed by atoms with Crippen molar-refractivity contribution in [2.75, 3.05) is 19.7 Å². The molecule has 2 rings (SSSR count). The minimum absolute atomic E-state index is 0.00450. The molecule has 0 spiro atoms. The second-order valence-electron chi connectivity index (χ2n) is 5.29. The van der Waals surface area contributed by atoms with E-state index in [1.807, 2.05) is 24.3 Å². The van der Waals surface area contributed by atoms with Crippen LogP contribution >= 0.6 is 12.2 Å². The normalized spacial score (nSPS) is 19.1. The molecule has 4 nitrogen and oxygen atoms in total. The molecule has 1 aliphatic heterocycles. The summed E-state index contributed by atoms with van der Waals surface area (Å²) in [6.45, 7) is 5.74. The van der Waals surface area contributed by atoms with Gasteiger partial charge in [-0.05, 0) is 23.6 Å². The molecule has 1 aromatic rings. The first-order valence-corrected chi connectivity index (χ1v) is 7.20. The maximum absolute atomic E-state index is 12.4. The van der Waals surface area contributed by atoms with Crippen molar-refractivity contribution in [2.24, 2.45) is 5.73 Å². The summed E-state index contributed by atoms with van der Waals surface area (Å²) in [5, 5.41) is 0. The fraction of sp³-hybridized carbons (Fsp3) is 0.467. The lowest BCUT2D eigenvalue weighted by atomic mass is 10.0. The highest BCUT2D eigenvalue weighted by Crippen LogP contribution is 2.16. The van der Waals surface area contributed by atoms with Crippen molar-refractivity contribution in [3.8, 4) is 0 Å². The van der Waals surface area contributed by atoms with Crippen molar-refractivity contribution in [1.82, 2.24) is 4.90 Å². The first kappa shape index (κ1) is 14.9. The average Bonchev–Trinajstić information content (AvgIpc) is 2.46. The van der Waals surface area contributed by atoms with Crippen molar-refractivity contribution in [2.45, 2.75) is 25.9 Å². The molecular formula is C15H20N2O2S. The number of benzene rings is 1. The first-order valence-electron chi connectivity index (χ1n) is 6.79. The highest BCUT2D eigenvalue weighted by Gasteiger charge is 2.26. The number of morpholine rings is 1. The Bertz CT molecular complexity index is 499. The van der Waals surface area contributed by atoms with Gasteiger partial charge in [0.15, 0.2) is 0 Å². The minimum atomic E-state index is -0.336. The molecule has 5 heteroatoms. The van der Waals surface area contributed by atoms with Gasteiger partial charge in [0, 0.05) is 12.1 Å².